The lowest BCUT2D eigenvalue weighted by molar-refractivity contribution is -0.216. The van der Waals surface area contributed by atoms with Gasteiger partial charge in [0.15, 0.2) is 6.29 Å². The molecule has 0 saturated carbocycles. The zero-order valence-electron chi connectivity index (χ0n) is 8.33. The molecule has 0 radical (unpaired) electrons. The van der Waals surface area contributed by atoms with E-state index in [0.717, 1.165) is 0 Å². The van der Waals surface area contributed by atoms with Gasteiger partial charge in [-0.2, -0.15) is 0 Å². The van der Waals surface area contributed by atoms with Crippen LogP contribution in [-0.4, -0.2) is 65.4 Å². The van der Waals surface area contributed by atoms with Crippen molar-refractivity contribution in [3.05, 3.63) is 0 Å². The number of rotatable bonds is 7. The van der Waals surface area contributed by atoms with Crippen LogP contribution in [0.4, 0.5) is 0 Å². The van der Waals surface area contributed by atoms with Crippen molar-refractivity contribution in [2.24, 2.45) is 0 Å². The first-order chi connectivity index (χ1) is 6.54. The van der Waals surface area contributed by atoms with E-state index < -0.39 is 24.6 Å². The van der Waals surface area contributed by atoms with Gasteiger partial charge in [-0.25, -0.2) is 0 Å². The van der Waals surface area contributed by atoms with Crippen LogP contribution in [-0.2, 0) is 9.47 Å². The molecular formula is C8H18O6. The second-order valence-electron chi connectivity index (χ2n) is 2.92. The Morgan fingerprint density at radius 3 is 2.07 bits per heavy atom. The highest BCUT2D eigenvalue weighted by atomic mass is 16.7. The van der Waals surface area contributed by atoms with Gasteiger partial charge in [0.05, 0.1) is 19.3 Å². The molecule has 86 valence electrons. The topological polar surface area (TPSA) is 99.4 Å². The van der Waals surface area contributed by atoms with Gasteiger partial charge in [-0.3, -0.25) is 0 Å². The maximum absolute atomic E-state index is 9.43. The molecule has 0 aromatic carbocycles. The van der Waals surface area contributed by atoms with E-state index in [1.165, 1.54) is 14.0 Å². The fraction of sp³-hybridized carbons (Fsp3) is 1.00. The van der Waals surface area contributed by atoms with E-state index in [9.17, 15) is 10.2 Å². The van der Waals surface area contributed by atoms with Gasteiger partial charge in [0.2, 0.25) is 0 Å². The van der Waals surface area contributed by atoms with Gasteiger partial charge in [-0.1, -0.05) is 0 Å². The minimum atomic E-state index is -1.36. The molecule has 0 heterocycles. The summed E-state index contributed by atoms with van der Waals surface area (Å²) in [5.41, 5.74) is 0. The van der Waals surface area contributed by atoms with Crippen LogP contribution >= 0.6 is 0 Å². The average molecular weight is 210 g/mol. The molecule has 0 aliphatic rings. The summed E-state index contributed by atoms with van der Waals surface area (Å²) < 4.78 is 9.61. The van der Waals surface area contributed by atoms with Crippen LogP contribution in [0.3, 0.4) is 0 Å². The normalized spacial score (nSPS) is 20.1. The van der Waals surface area contributed by atoms with E-state index in [4.69, 9.17) is 19.7 Å². The third-order valence-electron chi connectivity index (χ3n) is 1.73. The van der Waals surface area contributed by atoms with E-state index >= 15 is 0 Å². The first-order valence-corrected chi connectivity index (χ1v) is 4.34. The monoisotopic (exact) mass is 210 g/mol. The Labute approximate surface area is 82.7 Å². The van der Waals surface area contributed by atoms with Gasteiger partial charge >= 0.3 is 0 Å². The Balaban J connectivity index is 4.08. The molecule has 14 heavy (non-hydrogen) atoms. The maximum Gasteiger partial charge on any atom is 0.185 e. The predicted octanol–water partition coefficient (Wildman–Crippen LogP) is -1.93. The van der Waals surface area contributed by atoms with Gasteiger partial charge in [-0.15, -0.1) is 0 Å². The third-order valence-corrected chi connectivity index (χ3v) is 1.73. The van der Waals surface area contributed by atoms with E-state index in [2.05, 4.69) is 0 Å². The lowest BCUT2D eigenvalue weighted by Gasteiger charge is -2.26. The highest BCUT2D eigenvalue weighted by Crippen LogP contribution is 2.08. The maximum atomic E-state index is 9.43. The average Bonchev–Trinajstić information content (AvgIpc) is 2.17. The van der Waals surface area contributed by atoms with Crippen LogP contribution in [0.5, 0.6) is 0 Å². The van der Waals surface area contributed by atoms with Gasteiger partial charge in [0.25, 0.3) is 0 Å². The zero-order chi connectivity index (χ0) is 11.1. The molecule has 4 N–H and O–H groups in total. The quantitative estimate of drug-likeness (QED) is 0.365. The molecule has 0 spiro atoms. The SMILES string of the molecule is CO[C@@H](OCCO)C(O)C(O)[C@@H](C)O. The summed E-state index contributed by atoms with van der Waals surface area (Å²) in [6.07, 6.45) is -4.85. The molecule has 0 aromatic rings. The fourth-order valence-corrected chi connectivity index (χ4v) is 0.921. The van der Waals surface area contributed by atoms with E-state index in [1.54, 1.807) is 0 Å². The summed E-state index contributed by atoms with van der Waals surface area (Å²) >= 11 is 0. The molecule has 0 saturated heterocycles. The molecule has 2 unspecified atom stereocenters. The Bertz CT molecular complexity index is 140. The molecule has 0 aliphatic heterocycles. The summed E-state index contributed by atoms with van der Waals surface area (Å²) in [6, 6.07) is 0. The van der Waals surface area contributed by atoms with Crippen molar-refractivity contribution in [3.8, 4) is 0 Å². The van der Waals surface area contributed by atoms with Crippen molar-refractivity contribution in [1.29, 1.82) is 0 Å². The lowest BCUT2D eigenvalue weighted by atomic mass is 10.1. The van der Waals surface area contributed by atoms with E-state index in [1.807, 2.05) is 0 Å². The van der Waals surface area contributed by atoms with Crippen LogP contribution in [0, 0.1) is 0 Å². The van der Waals surface area contributed by atoms with Crippen molar-refractivity contribution >= 4 is 0 Å². The minimum Gasteiger partial charge on any atom is -0.394 e. The fourth-order valence-electron chi connectivity index (χ4n) is 0.921. The highest BCUT2D eigenvalue weighted by molar-refractivity contribution is 4.74. The molecule has 0 rings (SSSR count). The molecule has 4 atom stereocenters. The molecule has 6 heteroatoms. The molecule has 0 fully saturated rings. The summed E-state index contributed by atoms with van der Waals surface area (Å²) in [6.45, 7) is 1.12. The Morgan fingerprint density at radius 2 is 1.71 bits per heavy atom. The number of aliphatic hydroxyl groups is 4. The minimum absolute atomic E-state index is 0.0118. The van der Waals surface area contributed by atoms with Crippen molar-refractivity contribution in [1.82, 2.24) is 0 Å². The Morgan fingerprint density at radius 1 is 1.14 bits per heavy atom. The second kappa shape index (κ2) is 7.10. The number of hydrogen-bond acceptors (Lipinski definition) is 6. The summed E-state index contributed by atoms with van der Waals surface area (Å²) in [7, 11) is 1.29. The van der Waals surface area contributed by atoms with Crippen LogP contribution in [0.15, 0.2) is 0 Å². The number of ether oxygens (including phenoxy) is 2. The zero-order valence-corrected chi connectivity index (χ0v) is 8.33. The van der Waals surface area contributed by atoms with Crippen molar-refractivity contribution in [2.45, 2.75) is 31.5 Å². The van der Waals surface area contributed by atoms with Gasteiger partial charge in [-0.05, 0) is 6.92 Å². The molecular weight excluding hydrogens is 192 g/mol. The van der Waals surface area contributed by atoms with Gasteiger partial charge in [0, 0.05) is 7.11 Å². The number of methoxy groups -OCH3 is 1. The van der Waals surface area contributed by atoms with Crippen molar-refractivity contribution in [2.75, 3.05) is 20.3 Å². The van der Waals surface area contributed by atoms with Gasteiger partial charge in [0.1, 0.15) is 12.2 Å². The van der Waals surface area contributed by atoms with Crippen molar-refractivity contribution < 1.29 is 29.9 Å². The first-order valence-electron chi connectivity index (χ1n) is 4.34. The van der Waals surface area contributed by atoms with E-state index in [0.29, 0.717) is 0 Å². The molecule has 0 aliphatic carbocycles. The van der Waals surface area contributed by atoms with E-state index in [-0.39, 0.29) is 13.2 Å². The predicted molar refractivity (Wildman–Crippen MR) is 47.5 cm³/mol. The summed E-state index contributed by atoms with van der Waals surface area (Å²) in [5.74, 6) is 0. The number of aliphatic hydroxyl groups excluding tert-OH is 4. The molecule has 0 bridgehead atoms. The molecule has 0 amide bonds. The highest BCUT2D eigenvalue weighted by Gasteiger charge is 2.29. The molecule has 6 nitrogen and oxygen atoms in total. The lowest BCUT2D eigenvalue weighted by Crippen LogP contribution is -2.45. The molecule has 0 aromatic heterocycles. The van der Waals surface area contributed by atoms with Crippen molar-refractivity contribution in [3.63, 3.8) is 0 Å². The number of hydrogen-bond donors (Lipinski definition) is 4. The van der Waals surface area contributed by atoms with Crippen LogP contribution in [0.2, 0.25) is 0 Å². The Kier molecular flexibility index (Phi) is 6.98. The smallest absolute Gasteiger partial charge is 0.185 e. The largest absolute Gasteiger partial charge is 0.394 e. The Hall–Kier alpha value is -0.240. The third kappa shape index (κ3) is 4.32. The van der Waals surface area contributed by atoms with Crippen LogP contribution in [0.25, 0.3) is 0 Å². The second-order valence-corrected chi connectivity index (χ2v) is 2.92. The summed E-state index contributed by atoms with van der Waals surface area (Å²) in [4.78, 5) is 0. The first kappa shape index (κ1) is 13.8. The van der Waals surface area contributed by atoms with Gasteiger partial charge < -0.3 is 29.9 Å². The summed E-state index contributed by atoms with van der Waals surface area (Å²) in [5, 5.41) is 36.2. The van der Waals surface area contributed by atoms with Crippen LogP contribution in [0.1, 0.15) is 6.92 Å². The van der Waals surface area contributed by atoms with Crippen LogP contribution < -0.4 is 0 Å². The standard InChI is InChI=1S/C8H18O6/c1-5(10)6(11)7(12)8(13-2)14-4-3-9/h5-12H,3-4H2,1-2H3/t5-,6?,7?,8+/m1/s1.